The number of benzene rings is 1. The van der Waals surface area contributed by atoms with Crippen LogP contribution in [0.3, 0.4) is 0 Å². The van der Waals surface area contributed by atoms with Gasteiger partial charge in [0.1, 0.15) is 0 Å². The third-order valence-electron chi connectivity index (χ3n) is 3.65. The van der Waals surface area contributed by atoms with Crippen LogP contribution in [0.1, 0.15) is 32.3 Å². The van der Waals surface area contributed by atoms with Gasteiger partial charge in [-0.2, -0.15) is 0 Å². The summed E-state index contributed by atoms with van der Waals surface area (Å²) >= 11 is 0. The van der Waals surface area contributed by atoms with Gasteiger partial charge in [0, 0.05) is 13.7 Å². The molecule has 114 valence electrons. The van der Waals surface area contributed by atoms with E-state index in [1.807, 2.05) is 0 Å². The van der Waals surface area contributed by atoms with Gasteiger partial charge in [-0.05, 0) is 58.9 Å². The van der Waals surface area contributed by atoms with E-state index in [4.69, 9.17) is 4.74 Å². The number of nitrogens with zero attached hydrogens (tertiary/aromatic N) is 1. The second-order valence-corrected chi connectivity index (χ2v) is 6.04. The molecule has 0 heterocycles. The maximum absolute atomic E-state index is 5.40. The van der Waals surface area contributed by atoms with Gasteiger partial charge < -0.3 is 15.0 Å². The number of nitrogens with one attached hydrogen (secondary N) is 1. The highest BCUT2D eigenvalue weighted by Crippen LogP contribution is 2.11. The van der Waals surface area contributed by atoms with Crippen molar-refractivity contribution >= 4 is 0 Å². The van der Waals surface area contributed by atoms with Crippen molar-refractivity contribution in [3.63, 3.8) is 0 Å². The van der Waals surface area contributed by atoms with Crippen molar-refractivity contribution in [2.45, 2.75) is 38.8 Å². The molecule has 0 spiro atoms. The summed E-state index contributed by atoms with van der Waals surface area (Å²) in [6.45, 7) is 8.49. The standard InChI is InChI=1S/C17H30N2O/c1-17(2,20-4)11-13-18-12-8-14-19(3)15-16-9-6-5-7-10-16/h5-7,9-10,18H,8,11-15H2,1-4H3. The Bertz CT molecular complexity index is 351. The van der Waals surface area contributed by atoms with Crippen LogP contribution in [0.15, 0.2) is 30.3 Å². The zero-order valence-corrected chi connectivity index (χ0v) is 13.5. The Morgan fingerprint density at radius 1 is 1.15 bits per heavy atom. The first kappa shape index (κ1) is 17.2. The smallest absolute Gasteiger partial charge is 0.0634 e. The minimum absolute atomic E-state index is 0.0168. The summed E-state index contributed by atoms with van der Waals surface area (Å²) in [5.41, 5.74) is 1.36. The number of hydrogen-bond donors (Lipinski definition) is 1. The predicted octanol–water partition coefficient (Wildman–Crippen LogP) is 2.91. The first-order valence-electron chi connectivity index (χ1n) is 7.52. The molecule has 0 aliphatic heterocycles. The first-order chi connectivity index (χ1) is 9.53. The van der Waals surface area contributed by atoms with Crippen LogP contribution in [-0.4, -0.2) is 44.3 Å². The highest BCUT2D eigenvalue weighted by Gasteiger charge is 2.14. The summed E-state index contributed by atoms with van der Waals surface area (Å²) < 4.78 is 5.40. The van der Waals surface area contributed by atoms with E-state index in [0.717, 1.165) is 32.6 Å². The van der Waals surface area contributed by atoms with Gasteiger partial charge in [0.25, 0.3) is 0 Å². The third kappa shape index (κ3) is 7.63. The highest BCUT2D eigenvalue weighted by molar-refractivity contribution is 5.14. The van der Waals surface area contributed by atoms with Crippen molar-refractivity contribution in [1.29, 1.82) is 0 Å². The molecule has 0 aliphatic carbocycles. The van der Waals surface area contributed by atoms with Gasteiger partial charge in [0.2, 0.25) is 0 Å². The van der Waals surface area contributed by atoms with Crippen molar-refractivity contribution < 1.29 is 4.74 Å². The molecule has 0 aliphatic rings. The Morgan fingerprint density at radius 3 is 2.50 bits per heavy atom. The largest absolute Gasteiger partial charge is 0.379 e. The van der Waals surface area contributed by atoms with Crippen LogP contribution in [0.25, 0.3) is 0 Å². The zero-order valence-electron chi connectivity index (χ0n) is 13.5. The number of ether oxygens (including phenoxy) is 1. The molecular formula is C17H30N2O. The molecule has 1 N–H and O–H groups in total. The molecule has 0 radical (unpaired) electrons. The van der Waals surface area contributed by atoms with Crippen molar-refractivity contribution in [3.05, 3.63) is 35.9 Å². The fraction of sp³-hybridized carbons (Fsp3) is 0.647. The molecule has 1 aromatic rings. The minimum Gasteiger partial charge on any atom is -0.379 e. The quantitative estimate of drug-likeness (QED) is 0.666. The van der Waals surface area contributed by atoms with Gasteiger partial charge >= 0.3 is 0 Å². The molecule has 0 bridgehead atoms. The van der Waals surface area contributed by atoms with Crippen LogP contribution in [0.2, 0.25) is 0 Å². The lowest BCUT2D eigenvalue weighted by Crippen LogP contribution is -2.30. The lowest BCUT2D eigenvalue weighted by Gasteiger charge is -2.23. The van der Waals surface area contributed by atoms with Crippen LogP contribution in [-0.2, 0) is 11.3 Å². The van der Waals surface area contributed by atoms with Crippen LogP contribution in [0.5, 0.6) is 0 Å². The van der Waals surface area contributed by atoms with Gasteiger partial charge in [-0.1, -0.05) is 30.3 Å². The van der Waals surface area contributed by atoms with Crippen LogP contribution >= 0.6 is 0 Å². The first-order valence-corrected chi connectivity index (χ1v) is 7.52. The molecule has 0 fully saturated rings. The van der Waals surface area contributed by atoms with E-state index < -0.39 is 0 Å². The molecule has 0 atom stereocenters. The summed E-state index contributed by atoms with van der Waals surface area (Å²) in [6.07, 6.45) is 2.22. The molecule has 3 heteroatoms. The van der Waals surface area contributed by atoms with Crippen molar-refractivity contribution in [2.75, 3.05) is 33.8 Å². The number of rotatable bonds is 10. The Hall–Kier alpha value is -0.900. The van der Waals surface area contributed by atoms with E-state index in [1.165, 1.54) is 12.0 Å². The fourth-order valence-corrected chi connectivity index (χ4v) is 2.06. The minimum atomic E-state index is -0.0168. The van der Waals surface area contributed by atoms with Crippen LogP contribution in [0, 0.1) is 0 Å². The lowest BCUT2D eigenvalue weighted by molar-refractivity contribution is 0.0159. The Labute approximate surface area is 124 Å². The van der Waals surface area contributed by atoms with Crippen molar-refractivity contribution in [3.8, 4) is 0 Å². The average molecular weight is 278 g/mol. The Balaban J connectivity index is 2.04. The molecule has 0 amide bonds. The second kappa shape index (κ2) is 9.11. The molecule has 0 saturated carbocycles. The van der Waals surface area contributed by atoms with Crippen molar-refractivity contribution in [1.82, 2.24) is 10.2 Å². The average Bonchev–Trinajstić information content (AvgIpc) is 2.44. The number of hydrogen-bond acceptors (Lipinski definition) is 3. The SMILES string of the molecule is COC(C)(C)CCNCCCN(C)Cc1ccccc1. The number of methoxy groups -OCH3 is 1. The molecule has 1 rings (SSSR count). The van der Waals surface area contributed by atoms with E-state index in [2.05, 4.69) is 61.4 Å². The molecule has 1 aromatic carbocycles. The second-order valence-electron chi connectivity index (χ2n) is 6.04. The molecule has 0 unspecified atom stereocenters. The topological polar surface area (TPSA) is 24.5 Å². The summed E-state index contributed by atoms with van der Waals surface area (Å²) in [6, 6.07) is 10.6. The summed E-state index contributed by atoms with van der Waals surface area (Å²) in [4.78, 5) is 2.37. The van der Waals surface area contributed by atoms with Crippen LogP contribution in [0.4, 0.5) is 0 Å². The summed E-state index contributed by atoms with van der Waals surface area (Å²) in [5, 5.41) is 3.49. The maximum Gasteiger partial charge on any atom is 0.0634 e. The molecule has 3 nitrogen and oxygen atoms in total. The molecular weight excluding hydrogens is 248 g/mol. The third-order valence-corrected chi connectivity index (χ3v) is 3.65. The zero-order chi connectivity index (χ0) is 14.8. The van der Waals surface area contributed by atoms with Crippen molar-refractivity contribution in [2.24, 2.45) is 0 Å². The monoisotopic (exact) mass is 278 g/mol. The Morgan fingerprint density at radius 2 is 1.85 bits per heavy atom. The van der Waals surface area contributed by atoms with E-state index in [9.17, 15) is 0 Å². The van der Waals surface area contributed by atoms with Gasteiger partial charge in [0.05, 0.1) is 5.60 Å². The van der Waals surface area contributed by atoms with Gasteiger partial charge in [-0.25, -0.2) is 0 Å². The van der Waals surface area contributed by atoms with Gasteiger partial charge in [-0.15, -0.1) is 0 Å². The van der Waals surface area contributed by atoms with Gasteiger partial charge in [0.15, 0.2) is 0 Å². The van der Waals surface area contributed by atoms with E-state index in [-0.39, 0.29) is 5.60 Å². The normalized spacial score (nSPS) is 12.1. The van der Waals surface area contributed by atoms with Crippen LogP contribution < -0.4 is 5.32 Å². The lowest BCUT2D eigenvalue weighted by atomic mass is 10.1. The Kier molecular flexibility index (Phi) is 7.82. The molecule has 20 heavy (non-hydrogen) atoms. The van der Waals surface area contributed by atoms with Gasteiger partial charge in [-0.3, -0.25) is 0 Å². The predicted molar refractivity (Wildman–Crippen MR) is 86.0 cm³/mol. The molecule has 0 saturated heterocycles. The van der Waals surface area contributed by atoms with E-state index >= 15 is 0 Å². The maximum atomic E-state index is 5.40. The highest BCUT2D eigenvalue weighted by atomic mass is 16.5. The summed E-state index contributed by atoms with van der Waals surface area (Å²) in [5.74, 6) is 0. The van der Waals surface area contributed by atoms with E-state index in [1.54, 1.807) is 7.11 Å². The summed E-state index contributed by atoms with van der Waals surface area (Å²) in [7, 11) is 3.96. The molecule has 0 aromatic heterocycles. The fourth-order valence-electron chi connectivity index (χ4n) is 2.06. The van der Waals surface area contributed by atoms with E-state index in [0.29, 0.717) is 0 Å².